The van der Waals surface area contributed by atoms with Crippen molar-refractivity contribution in [3.05, 3.63) is 48.0 Å². The molecule has 0 radical (unpaired) electrons. The molecule has 2 rings (SSSR count). The monoisotopic (exact) mass is 402 g/mol. The molecule has 2 aromatic carbocycles. The summed E-state index contributed by atoms with van der Waals surface area (Å²) in [5, 5.41) is 12.3. The van der Waals surface area contributed by atoms with Crippen LogP contribution < -0.4 is 61.2 Å². The Balaban J connectivity index is 0.00000338. The van der Waals surface area contributed by atoms with Gasteiger partial charge in [0.1, 0.15) is 16.4 Å². The average Bonchev–Trinajstić information content (AvgIpc) is 2.56. The quantitative estimate of drug-likeness (QED) is 0.388. The fourth-order valence-electron chi connectivity index (χ4n) is 2.61. The Bertz CT molecular complexity index is 791. The van der Waals surface area contributed by atoms with Crippen molar-refractivity contribution in [2.24, 2.45) is 0 Å². The fraction of sp³-hybridized carbons (Fsp3) is 0.368. The van der Waals surface area contributed by atoms with E-state index in [2.05, 4.69) is 6.92 Å². The summed E-state index contributed by atoms with van der Waals surface area (Å²) in [5.74, 6) is -0.595. The molecule has 0 aromatic heterocycles. The molecule has 0 aliphatic carbocycles. The Morgan fingerprint density at radius 2 is 1.69 bits per heavy atom. The van der Waals surface area contributed by atoms with E-state index in [4.69, 9.17) is 4.74 Å². The molecule has 0 amide bonds. The molecule has 0 fully saturated rings. The van der Waals surface area contributed by atoms with Crippen LogP contribution in [0, 0.1) is 0 Å². The summed E-state index contributed by atoms with van der Waals surface area (Å²) in [4.78, 5) is -0.479. The molecule has 0 atom stereocenters. The first kappa shape index (κ1) is 23.6. The second kappa shape index (κ2) is 11.4. The Morgan fingerprint density at radius 1 is 1.04 bits per heavy atom. The Labute approximate surface area is 198 Å². The SMILES string of the molecule is CCCCCCCc1cc([O-])c(Oc2ccccc2)c(S(=O)(=O)O)c1.[K+]. The van der Waals surface area contributed by atoms with Gasteiger partial charge in [0.2, 0.25) is 0 Å². The molecular formula is C19H23KO5S. The van der Waals surface area contributed by atoms with E-state index in [0.717, 1.165) is 32.1 Å². The van der Waals surface area contributed by atoms with Gasteiger partial charge in [-0.15, -0.1) is 0 Å². The summed E-state index contributed by atoms with van der Waals surface area (Å²) in [6.07, 6.45) is 5.89. The van der Waals surface area contributed by atoms with E-state index in [0.29, 0.717) is 17.7 Å². The van der Waals surface area contributed by atoms with Gasteiger partial charge in [-0.25, -0.2) is 0 Å². The van der Waals surface area contributed by atoms with Crippen LogP contribution in [0.1, 0.15) is 44.6 Å². The van der Waals surface area contributed by atoms with E-state index in [-0.39, 0.29) is 57.1 Å². The number of ether oxygens (including phenoxy) is 1. The minimum atomic E-state index is -4.56. The number of hydrogen-bond donors (Lipinski definition) is 1. The molecule has 1 N–H and O–H groups in total. The topological polar surface area (TPSA) is 86.7 Å². The molecule has 136 valence electrons. The molecule has 5 nitrogen and oxygen atoms in total. The van der Waals surface area contributed by atoms with Gasteiger partial charge >= 0.3 is 51.4 Å². The zero-order chi connectivity index (χ0) is 18.3. The smallest absolute Gasteiger partial charge is 0.870 e. The third-order valence-corrected chi connectivity index (χ3v) is 4.75. The first-order chi connectivity index (χ1) is 11.9. The van der Waals surface area contributed by atoms with Crippen LogP contribution in [-0.4, -0.2) is 13.0 Å². The molecule has 7 heteroatoms. The third-order valence-electron chi connectivity index (χ3n) is 3.89. The van der Waals surface area contributed by atoms with Crippen molar-refractivity contribution in [2.75, 3.05) is 0 Å². The van der Waals surface area contributed by atoms with Gasteiger partial charge in [0.15, 0.2) is 0 Å². The molecule has 0 aliphatic heterocycles. The fourth-order valence-corrected chi connectivity index (χ4v) is 3.28. The first-order valence-electron chi connectivity index (χ1n) is 8.46. The predicted molar refractivity (Wildman–Crippen MR) is 94.7 cm³/mol. The van der Waals surface area contributed by atoms with Gasteiger partial charge in [-0.3, -0.25) is 4.55 Å². The molecule has 0 heterocycles. The predicted octanol–water partition coefficient (Wildman–Crippen LogP) is 1.32. The average molecular weight is 403 g/mol. The third kappa shape index (κ3) is 7.30. The van der Waals surface area contributed by atoms with Gasteiger partial charge in [0.25, 0.3) is 10.1 Å². The van der Waals surface area contributed by atoms with Gasteiger partial charge in [-0.1, -0.05) is 62.6 Å². The van der Waals surface area contributed by atoms with E-state index >= 15 is 0 Å². The second-order valence-corrected chi connectivity index (χ2v) is 7.37. The number of rotatable bonds is 9. The molecule has 0 spiro atoms. The minimum Gasteiger partial charge on any atom is -0.870 e. The van der Waals surface area contributed by atoms with E-state index in [1.165, 1.54) is 12.1 Å². The van der Waals surface area contributed by atoms with Crippen LogP contribution >= 0.6 is 0 Å². The Kier molecular flexibility index (Phi) is 10.4. The van der Waals surface area contributed by atoms with Crippen molar-refractivity contribution in [3.8, 4) is 17.2 Å². The maximum Gasteiger partial charge on any atom is 1.00 e. The van der Waals surface area contributed by atoms with Crippen molar-refractivity contribution in [1.29, 1.82) is 0 Å². The van der Waals surface area contributed by atoms with Crippen LogP contribution in [0.25, 0.3) is 0 Å². The molecule has 0 unspecified atom stereocenters. The maximum atomic E-state index is 12.3. The van der Waals surface area contributed by atoms with E-state index in [9.17, 15) is 18.1 Å². The number of hydrogen-bond acceptors (Lipinski definition) is 4. The van der Waals surface area contributed by atoms with Crippen molar-refractivity contribution in [3.63, 3.8) is 0 Å². The van der Waals surface area contributed by atoms with Gasteiger partial charge in [-0.2, -0.15) is 8.42 Å². The maximum absolute atomic E-state index is 12.3. The zero-order valence-electron chi connectivity index (χ0n) is 15.3. The molecule has 26 heavy (non-hydrogen) atoms. The number of aryl methyl sites for hydroxylation is 1. The van der Waals surface area contributed by atoms with Gasteiger partial charge in [0, 0.05) is 0 Å². The Morgan fingerprint density at radius 3 is 2.31 bits per heavy atom. The minimum absolute atomic E-state index is 0. The zero-order valence-corrected chi connectivity index (χ0v) is 19.2. The largest absolute Gasteiger partial charge is 1.00 e. The molecule has 0 bridgehead atoms. The van der Waals surface area contributed by atoms with E-state index < -0.39 is 20.8 Å². The summed E-state index contributed by atoms with van der Waals surface area (Å²) < 4.78 is 38.3. The number of para-hydroxylation sites is 1. The van der Waals surface area contributed by atoms with Crippen molar-refractivity contribution in [1.82, 2.24) is 0 Å². The molecule has 0 saturated carbocycles. The second-order valence-electron chi connectivity index (χ2n) is 5.98. The number of benzene rings is 2. The van der Waals surface area contributed by atoms with Crippen LogP contribution in [0.3, 0.4) is 0 Å². The molecule has 0 saturated heterocycles. The normalized spacial score (nSPS) is 11.0. The van der Waals surface area contributed by atoms with Crippen molar-refractivity contribution >= 4 is 10.1 Å². The Hall–Kier alpha value is -0.414. The molecule has 2 aromatic rings. The van der Waals surface area contributed by atoms with Crippen molar-refractivity contribution in [2.45, 2.75) is 50.3 Å². The molecular weight excluding hydrogens is 379 g/mol. The number of unbranched alkanes of at least 4 members (excludes halogenated alkanes) is 4. The summed E-state index contributed by atoms with van der Waals surface area (Å²) in [7, 11) is -4.56. The van der Waals surface area contributed by atoms with Crippen LogP contribution in [0.15, 0.2) is 47.4 Å². The summed E-state index contributed by atoms with van der Waals surface area (Å²) in [6.45, 7) is 2.13. The molecule has 0 aliphatic rings. The standard InChI is InChI=1S/C19H24O5S.K/c1-2-3-4-5-7-10-15-13-17(20)19(18(14-15)25(21,22)23)24-16-11-8-6-9-12-16;/h6,8-9,11-14,20H,2-5,7,10H2,1H3,(H,21,22,23);/q;+1/p-1. The van der Waals surface area contributed by atoms with Crippen molar-refractivity contribution < 1.29 is 74.2 Å². The summed E-state index contributed by atoms with van der Waals surface area (Å²) in [6, 6.07) is 11.1. The summed E-state index contributed by atoms with van der Waals surface area (Å²) in [5.41, 5.74) is 0.592. The van der Waals surface area contributed by atoms with E-state index in [1.807, 2.05) is 0 Å². The first-order valence-corrected chi connectivity index (χ1v) is 9.90. The van der Waals surface area contributed by atoms with Crippen LogP contribution in [0.4, 0.5) is 0 Å². The van der Waals surface area contributed by atoms with Gasteiger partial charge < -0.3 is 9.84 Å². The van der Waals surface area contributed by atoms with Crippen LogP contribution in [0.5, 0.6) is 17.2 Å². The van der Waals surface area contributed by atoms with Crippen LogP contribution in [0.2, 0.25) is 0 Å². The van der Waals surface area contributed by atoms with Gasteiger partial charge in [-0.05, 0) is 36.6 Å². The van der Waals surface area contributed by atoms with Crippen LogP contribution in [-0.2, 0) is 16.5 Å². The summed E-state index contributed by atoms with van der Waals surface area (Å²) >= 11 is 0. The van der Waals surface area contributed by atoms with E-state index in [1.54, 1.807) is 30.3 Å². The van der Waals surface area contributed by atoms with Gasteiger partial charge in [0.05, 0.1) is 0 Å².